The van der Waals surface area contributed by atoms with E-state index in [9.17, 15) is 8.42 Å². The molecule has 0 saturated heterocycles. The molecule has 0 amide bonds. The average molecular weight is 358 g/mol. The molecule has 2 aromatic heterocycles. The Hall–Kier alpha value is -0.410. The first-order valence-corrected chi connectivity index (χ1v) is 7.80. The van der Waals surface area contributed by atoms with Gasteiger partial charge in [-0.2, -0.15) is 0 Å². The van der Waals surface area contributed by atoms with Gasteiger partial charge in [0.15, 0.2) is 0 Å². The third kappa shape index (κ3) is 3.08. The van der Waals surface area contributed by atoms with Gasteiger partial charge in [-0.1, -0.05) is 16.8 Å². The average Bonchev–Trinajstić information content (AvgIpc) is 2.87. The minimum Gasteiger partial charge on any atom is -0.364 e. The Morgan fingerprint density at radius 1 is 1.59 bits per heavy atom. The van der Waals surface area contributed by atoms with Crippen LogP contribution in [0.1, 0.15) is 5.69 Å². The molecule has 0 aliphatic carbocycles. The van der Waals surface area contributed by atoms with Crippen molar-refractivity contribution < 1.29 is 12.9 Å². The van der Waals surface area contributed by atoms with Gasteiger partial charge in [-0.15, -0.1) is 11.3 Å². The zero-order chi connectivity index (χ0) is 12.5. The SMILES string of the molecule is O=S(=O)(NCc1ccon1)c1cc(Cl)c(Br)s1. The van der Waals surface area contributed by atoms with E-state index in [0.717, 1.165) is 11.3 Å². The van der Waals surface area contributed by atoms with Crippen molar-refractivity contribution in [2.45, 2.75) is 10.8 Å². The lowest BCUT2D eigenvalue weighted by Crippen LogP contribution is -2.22. The minimum atomic E-state index is -3.57. The van der Waals surface area contributed by atoms with Gasteiger partial charge in [-0.25, -0.2) is 13.1 Å². The predicted octanol–water partition coefficient (Wildman–Crippen LogP) is 2.63. The molecule has 17 heavy (non-hydrogen) atoms. The molecule has 0 saturated carbocycles. The van der Waals surface area contributed by atoms with Crippen molar-refractivity contribution in [2.75, 3.05) is 0 Å². The number of hydrogen-bond acceptors (Lipinski definition) is 5. The van der Waals surface area contributed by atoms with Gasteiger partial charge in [0.2, 0.25) is 10.0 Å². The highest BCUT2D eigenvalue weighted by Gasteiger charge is 2.19. The van der Waals surface area contributed by atoms with Crippen LogP contribution in [0.4, 0.5) is 0 Å². The van der Waals surface area contributed by atoms with E-state index in [1.54, 1.807) is 6.07 Å². The van der Waals surface area contributed by atoms with Gasteiger partial charge in [0, 0.05) is 6.07 Å². The van der Waals surface area contributed by atoms with Crippen LogP contribution in [-0.2, 0) is 16.6 Å². The van der Waals surface area contributed by atoms with Gasteiger partial charge in [0.1, 0.15) is 10.5 Å². The molecule has 0 aliphatic heterocycles. The van der Waals surface area contributed by atoms with E-state index >= 15 is 0 Å². The zero-order valence-corrected chi connectivity index (χ0v) is 12.2. The van der Waals surface area contributed by atoms with Crippen LogP contribution >= 0.6 is 38.9 Å². The minimum absolute atomic E-state index is 0.0754. The molecule has 0 spiro atoms. The van der Waals surface area contributed by atoms with Gasteiger partial charge >= 0.3 is 0 Å². The lowest BCUT2D eigenvalue weighted by molar-refractivity contribution is 0.411. The summed E-state index contributed by atoms with van der Waals surface area (Å²) in [6, 6.07) is 2.97. The number of hydrogen-bond donors (Lipinski definition) is 1. The number of halogens is 2. The van der Waals surface area contributed by atoms with Crippen molar-refractivity contribution in [1.82, 2.24) is 9.88 Å². The molecule has 9 heteroatoms. The lowest BCUT2D eigenvalue weighted by atomic mass is 10.5. The molecule has 2 aromatic rings. The van der Waals surface area contributed by atoms with Crippen LogP contribution in [0, 0.1) is 0 Å². The van der Waals surface area contributed by atoms with Crippen LogP contribution in [0.25, 0.3) is 0 Å². The fourth-order valence-corrected chi connectivity index (χ4v) is 4.47. The Balaban J connectivity index is 2.14. The number of sulfonamides is 1. The largest absolute Gasteiger partial charge is 0.364 e. The summed E-state index contributed by atoms with van der Waals surface area (Å²) in [7, 11) is -3.57. The van der Waals surface area contributed by atoms with Crippen molar-refractivity contribution in [3.63, 3.8) is 0 Å². The van der Waals surface area contributed by atoms with E-state index in [-0.39, 0.29) is 10.8 Å². The topological polar surface area (TPSA) is 72.2 Å². The molecule has 0 atom stereocenters. The van der Waals surface area contributed by atoms with Crippen molar-refractivity contribution >= 4 is 48.9 Å². The van der Waals surface area contributed by atoms with Crippen molar-refractivity contribution in [2.24, 2.45) is 0 Å². The van der Waals surface area contributed by atoms with Gasteiger partial charge < -0.3 is 4.52 Å². The third-order valence-electron chi connectivity index (χ3n) is 1.82. The van der Waals surface area contributed by atoms with Crippen LogP contribution < -0.4 is 4.72 Å². The first-order chi connectivity index (χ1) is 7.99. The molecule has 92 valence electrons. The zero-order valence-electron chi connectivity index (χ0n) is 8.18. The van der Waals surface area contributed by atoms with E-state index in [1.165, 1.54) is 12.3 Å². The number of nitrogens with zero attached hydrogens (tertiary/aromatic N) is 1. The molecule has 0 aliphatic rings. The van der Waals surface area contributed by atoms with Crippen molar-refractivity contribution in [1.29, 1.82) is 0 Å². The highest BCUT2D eigenvalue weighted by molar-refractivity contribution is 9.11. The molecule has 0 fully saturated rings. The van der Waals surface area contributed by atoms with Crippen molar-refractivity contribution in [3.05, 3.63) is 32.9 Å². The number of nitrogens with one attached hydrogen (secondary N) is 1. The van der Waals surface area contributed by atoms with Gasteiger partial charge in [0.05, 0.1) is 21.0 Å². The molecular weight excluding hydrogens is 352 g/mol. The van der Waals surface area contributed by atoms with Gasteiger partial charge in [-0.3, -0.25) is 0 Å². The maximum Gasteiger partial charge on any atom is 0.250 e. The fraction of sp³-hybridized carbons (Fsp3) is 0.125. The van der Waals surface area contributed by atoms with Crippen LogP contribution in [0.2, 0.25) is 5.02 Å². The number of rotatable bonds is 4. The van der Waals surface area contributed by atoms with Crippen molar-refractivity contribution in [3.8, 4) is 0 Å². The van der Waals surface area contributed by atoms with Gasteiger partial charge in [-0.05, 0) is 22.0 Å². The molecule has 0 radical (unpaired) electrons. The highest BCUT2D eigenvalue weighted by Crippen LogP contribution is 2.34. The van der Waals surface area contributed by atoms with E-state index < -0.39 is 10.0 Å². The van der Waals surface area contributed by atoms with Crippen LogP contribution in [0.5, 0.6) is 0 Å². The number of aromatic nitrogens is 1. The maximum absolute atomic E-state index is 11.9. The first-order valence-electron chi connectivity index (χ1n) is 4.33. The van der Waals surface area contributed by atoms with Crippen LogP contribution in [-0.4, -0.2) is 13.6 Å². The summed E-state index contributed by atoms with van der Waals surface area (Å²) in [5.74, 6) is 0. The molecule has 1 N–H and O–H groups in total. The summed E-state index contributed by atoms with van der Waals surface area (Å²) in [5, 5.41) is 3.97. The Morgan fingerprint density at radius 2 is 2.35 bits per heavy atom. The Labute approximate surface area is 115 Å². The standard InChI is InChI=1S/C8H6BrClN2O3S2/c9-8-6(10)3-7(16-8)17(13,14)11-4-5-1-2-15-12-5/h1-3,11H,4H2. The molecule has 2 heterocycles. The van der Waals surface area contributed by atoms with E-state index in [0.29, 0.717) is 14.5 Å². The summed E-state index contributed by atoms with van der Waals surface area (Å²) in [6.07, 6.45) is 1.38. The second kappa shape index (κ2) is 5.07. The molecule has 0 aromatic carbocycles. The summed E-state index contributed by atoms with van der Waals surface area (Å²) in [6.45, 7) is 0.0754. The Bertz CT molecular complexity index is 589. The summed E-state index contributed by atoms with van der Waals surface area (Å²) in [5.41, 5.74) is 0.510. The van der Waals surface area contributed by atoms with E-state index in [1.807, 2.05) is 0 Å². The summed E-state index contributed by atoms with van der Waals surface area (Å²) in [4.78, 5) is 0. The lowest BCUT2D eigenvalue weighted by Gasteiger charge is -2.01. The third-order valence-corrected chi connectivity index (χ3v) is 6.17. The van der Waals surface area contributed by atoms with Crippen LogP contribution in [0.3, 0.4) is 0 Å². The second-order valence-electron chi connectivity index (χ2n) is 3.00. The monoisotopic (exact) mass is 356 g/mol. The quantitative estimate of drug-likeness (QED) is 0.913. The first kappa shape index (κ1) is 13.0. The fourth-order valence-electron chi connectivity index (χ4n) is 1.03. The number of thiophene rings is 1. The predicted molar refractivity (Wildman–Crippen MR) is 67.6 cm³/mol. The Morgan fingerprint density at radius 3 is 2.88 bits per heavy atom. The maximum atomic E-state index is 11.9. The normalized spacial score (nSPS) is 11.9. The highest BCUT2D eigenvalue weighted by atomic mass is 79.9. The van der Waals surface area contributed by atoms with Crippen LogP contribution in [0.15, 0.2) is 30.9 Å². The van der Waals surface area contributed by atoms with E-state index in [2.05, 4.69) is 30.3 Å². The molecule has 0 unspecified atom stereocenters. The summed E-state index contributed by atoms with van der Waals surface area (Å²) >= 11 is 9.99. The van der Waals surface area contributed by atoms with Gasteiger partial charge in [0.25, 0.3) is 0 Å². The summed E-state index contributed by atoms with van der Waals surface area (Å²) < 4.78 is 31.4. The van der Waals surface area contributed by atoms with E-state index in [4.69, 9.17) is 11.6 Å². The molecule has 0 bridgehead atoms. The Kier molecular flexibility index (Phi) is 3.88. The molecule has 2 rings (SSSR count). The second-order valence-corrected chi connectivity index (χ2v) is 7.77. The molecular formula is C8H6BrClN2O3S2. The smallest absolute Gasteiger partial charge is 0.250 e. The molecule has 5 nitrogen and oxygen atoms in total.